The summed E-state index contributed by atoms with van der Waals surface area (Å²) >= 11 is 0. The van der Waals surface area contributed by atoms with Gasteiger partial charge in [-0.05, 0) is 37.1 Å². The molecule has 1 aromatic carbocycles. The molecule has 0 bridgehead atoms. The van der Waals surface area contributed by atoms with E-state index in [9.17, 15) is 4.79 Å². The Balaban J connectivity index is 1.39. The summed E-state index contributed by atoms with van der Waals surface area (Å²) in [6.45, 7) is 1.73. The van der Waals surface area contributed by atoms with E-state index >= 15 is 0 Å². The molecular weight excluding hydrogens is 330 g/mol. The number of nitrogens with one attached hydrogen (secondary N) is 1. The molecule has 7 nitrogen and oxygen atoms in total. The molecule has 1 aliphatic heterocycles. The summed E-state index contributed by atoms with van der Waals surface area (Å²) in [7, 11) is 1.60. The number of amides is 1. The van der Waals surface area contributed by atoms with Crippen LogP contribution in [0.15, 0.2) is 48.8 Å². The molecule has 1 aliphatic rings. The van der Waals surface area contributed by atoms with Gasteiger partial charge < -0.3 is 15.0 Å². The van der Waals surface area contributed by atoms with Crippen LogP contribution >= 0.6 is 0 Å². The largest absolute Gasteiger partial charge is 0.497 e. The van der Waals surface area contributed by atoms with Crippen molar-refractivity contribution in [3.8, 4) is 5.75 Å². The van der Waals surface area contributed by atoms with E-state index in [1.54, 1.807) is 25.4 Å². The lowest BCUT2D eigenvalue weighted by atomic mass is 10.0. The van der Waals surface area contributed by atoms with Gasteiger partial charge in [0.1, 0.15) is 11.6 Å². The molecule has 0 saturated carbocycles. The molecule has 3 aromatic rings. The highest BCUT2D eigenvalue weighted by atomic mass is 16.5. The number of methoxy groups -OCH3 is 1. The molecular formula is C19H21N5O2. The number of fused-ring (bicyclic) bond motifs is 1. The molecule has 26 heavy (non-hydrogen) atoms. The van der Waals surface area contributed by atoms with Crippen LogP contribution in [-0.2, 0) is 0 Å². The summed E-state index contributed by atoms with van der Waals surface area (Å²) in [5, 5.41) is 7.48. The van der Waals surface area contributed by atoms with Crippen molar-refractivity contribution in [2.75, 3.05) is 25.1 Å². The Hall–Kier alpha value is -3.09. The van der Waals surface area contributed by atoms with Crippen LogP contribution in [-0.4, -0.2) is 46.7 Å². The molecule has 0 spiro atoms. The van der Waals surface area contributed by atoms with E-state index in [0.29, 0.717) is 11.3 Å². The zero-order chi connectivity index (χ0) is 17.9. The molecule has 7 heteroatoms. The second-order valence-corrected chi connectivity index (χ2v) is 6.37. The smallest absolute Gasteiger partial charge is 0.251 e. The lowest BCUT2D eigenvalue weighted by molar-refractivity contribution is 0.0930. The molecule has 1 fully saturated rings. The van der Waals surface area contributed by atoms with E-state index in [2.05, 4.69) is 20.3 Å². The fourth-order valence-corrected chi connectivity index (χ4v) is 3.35. The van der Waals surface area contributed by atoms with Crippen LogP contribution in [0.3, 0.4) is 0 Å². The van der Waals surface area contributed by atoms with Gasteiger partial charge in [0.05, 0.1) is 13.3 Å². The second-order valence-electron chi connectivity index (χ2n) is 6.37. The van der Waals surface area contributed by atoms with Crippen molar-refractivity contribution < 1.29 is 9.53 Å². The number of piperidine rings is 1. The minimum absolute atomic E-state index is 0.0549. The number of nitrogens with zero attached hydrogens (tertiary/aromatic N) is 4. The van der Waals surface area contributed by atoms with Crippen molar-refractivity contribution in [1.29, 1.82) is 0 Å². The Morgan fingerprint density at radius 2 is 2.04 bits per heavy atom. The highest BCUT2D eigenvalue weighted by molar-refractivity contribution is 5.94. The first-order valence-electron chi connectivity index (χ1n) is 8.73. The minimum Gasteiger partial charge on any atom is -0.497 e. The molecule has 4 rings (SSSR count). The first-order valence-corrected chi connectivity index (χ1v) is 8.73. The van der Waals surface area contributed by atoms with E-state index in [0.717, 1.165) is 37.4 Å². The molecule has 1 amide bonds. The third-order valence-corrected chi connectivity index (χ3v) is 4.76. The van der Waals surface area contributed by atoms with Gasteiger partial charge in [0.15, 0.2) is 5.65 Å². The molecule has 0 radical (unpaired) electrons. The van der Waals surface area contributed by atoms with E-state index < -0.39 is 0 Å². The van der Waals surface area contributed by atoms with E-state index in [4.69, 9.17) is 4.74 Å². The Morgan fingerprint density at radius 3 is 2.85 bits per heavy atom. The van der Waals surface area contributed by atoms with Crippen molar-refractivity contribution in [1.82, 2.24) is 19.9 Å². The fraction of sp³-hybridized carbons (Fsp3) is 0.316. The number of benzene rings is 1. The quantitative estimate of drug-likeness (QED) is 0.780. The number of carbonyl (C=O) groups is 1. The maximum atomic E-state index is 12.5. The van der Waals surface area contributed by atoms with Gasteiger partial charge in [-0.25, -0.2) is 4.98 Å². The van der Waals surface area contributed by atoms with E-state index in [-0.39, 0.29) is 11.9 Å². The number of carbonyl (C=O) groups excluding carboxylic acids is 1. The third-order valence-electron chi connectivity index (χ3n) is 4.76. The zero-order valence-electron chi connectivity index (χ0n) is 14.6. The molecule has 1 N–H and O–H groups in total. The summed E-state index contributed by atoms with van der Waals surface area (Å²) in [5.41, 5.74) is 1.47. The molecule has 2 aromatic heterocycles. The number of hydrogen-bond donors (Lipinski definition) is 1. The van der Waals surface area contributed by atoms with Crippen LogP contribution in [0.25, 0.3) is 5.65 Å². The number of anilines is 1. The van der Waals surface area contributed by atoms with Crippen LogP contribution in [0.4, 0.5) is 5.82 Å². The summed E-state index contributed by atoms with van der Waals surface area (Å²) < 4.78 is 7.04. The summed E-state index contributed by atoms with van der Waals surface area (Å²) in [4.78, 5) is 19.1. The Bertz CT molecular complexity index is 915. The van der Waals surface area contributed by atoms with Crippen molar-refractivity contribution in [3.05, 3.63) is 54.4 Å². The summed E-state index contributed by atoms with van der Waals surface area (Å²) in [6, 6.07) is 11.3. The Kier molecular flexibility index (Phi) is 4.43. The molecule has 0 unspecified atom stereocenters. The zero-order valence-corrected chi connectivity index (χ0v) is 14.6. The van der Waals surface area contributed by atoms with Crippen molar-refractivity contribution in [2.24, 2.45) is 0 Å². The highest BCUT2D eigenvalue weighted by Gasteiger charge is 2.23. The molecule has 0 atom stereocenters. The second kappa shape index (κ2) is 7.03. The standard InChI is InChI=1S/C19H21N5O2/c1-26-16-4-2-3-14(13-16)19(25)22-15-7-11-23(12-8-15)18-6-9-20-17-5-10-21-24(17)18/h2-6,9-10,13,15H,7-8,11-12H2,1H3,(H,22,25). The first kappa shape index (κ1) is 16.4. The average molecular weight is 351 g/mol. The van der Waals surface area contributed by atoms with Crippen LogP contribution in [0, 0.1) is 0 Å². The Labute approximate surface area is 151 Å². The summed E-state index contributed by atoms with van der Waals surface area (Å²) in [5.74, 6) is 1.67. The van der Waals surface area contributed by atoms with Gasteiger partial charge in [-0.3, -0.25) is 4.79 Å². The lowest BCUT2D eigenvalue weighted by Gasteiger charge is -2.33. The van der Waals surface area contributed by atoms with E-state index in [1.807, 2.05) is 35.0 Å². The molecule has 1 saturated heterocycles. The predicted octanol–water partition coefficient (Wildman–Crippen LogP) is 2.14. The lowest BCUT2D eigenvalue weighted by Crippen LogP contribution is -2.45. The topological polar surface area (TPSA) is 71.8 Å². The monoisotopic (exact) mass is 351 g/mol. The van der Waals surface area contributed by atoms with Gasteiger partial charge in [-0.2, -0.15) is 9.61 Å². The predicted molar refractivity (Wildman–Crippen MR) is 98.7 cm³/mol. The normalized spacial score (nSPS) is 15.2. The van der Waals surface area contributed by atoms with Crippen LogP contribution in [0.1, 0.15) is 23.2 Å². The van der Waals surface area contributed by atoms with Crippen molar-refractivity contribution in [2.45, 2.75) is 18.9 Å². The molecule has 0 aliphatic carbocycles. The number of hydrogen-bond acceptors (Lipinski definition) is 5. The first-order chi connectivity index (χ1) is 12.7. The number of rotatable bonds is 4. The maximum absolute atomic E-state index is 12.5. The fourth-order valence-electron chi connectivity index (χ4n) is 3.35. The molecule has 134 valence electrons. The van der Waals surface area contributed by atoms with Gasteiger partial charge in [0.2, 0.25) is 0 Å². The summed E-state index contributed by atoms with van der Waals surface area (Å²) in [6.07, 6.45) is 5.34. The van der Waals surface area contributed by atoms with Gasteiger partial charge >= 0.3 is 0 Å². The van der Waals surface area contributed by atoms with Crippen LogP contribution in [0.5, 0.6) is 5.75 Å². The SMILES string of the molecule is COc1cccc(C(=O)NC2CCN(c3ccnc4ccnn34)CC2)c1. The van der Waals surface area contributed by atoms with E-state index in [1.165, 1.54) is 0 Å². The average Bonchev–Trinajstić information content (AvgIpc) is 3.17. The highest BCUT2D eigenvalue weighted by Crippen LogP contribution is 2.20. The number of ether oxygens (including phenoxy) is 1. The van der Waals surface area contributed by atoms with Gasteiger partial charge in [0, 0.05) is 37.0 Å². The number of aromatic nitrogens is 3. The van der Waals surface area contributed by atoms with Crippen molar-refractivity contribution in [3.63, 3.8) is 0 Å². The maximum Gasteiger partial charge on any atom is 0.251 e. The third kappa shape index (κ3) is 3.20. The van der Waals surface area contributed by atoms with Crippen molar-refractivity contribution >= 4 is 17.4 Å². The van der Waals surface area contributed by atoms with Gasteiger partial charge in [-0.1, -0.05) is 6.07 Å². The molecule has 3 heterocycles. The minimum atomic E-state index is -0.0549. The van der Waals surface area contributed by atoms with Gasteiger partial charge in [-0.15, -0.1) is 0 Å². The Morgan fingerprint density at radius 1 is 1.19 bits per heavy atom. The van der Waals surface area contributed by atoms with Crippen LogP contribution < -0.4 is 15.0 Å². The van der Waals surface area contributed by atoms with Crippen LogP contribution in [0.2, 0.25) is 0 Å². The van der Waals surface area contributed by atoms with Gasteiger partial charge in [0.25, 0.3) is 5.91 Å².